The normalized spacial score (nSPS) is 18.1. The van der Waals surface area contributed by atoms with E-state index in [-0.39, 0.29) is 18.7 Å². The van der Waals surface area contributed by atoms with Crippen LogP contribution in [0.5, 0.6) is 5.75 Å². The third-order valence-corrected chi connectivity index (χ3v) is 4.18. The molecule has 2 heterocycles. The fourth-order valence-electron chi connectivity index (χ4n) is 2.83. The highest BCUT2D eigenvalue weighted by molar-refractivity contribution is 5.60. The molecule has 2 aromatic heterocycles. The predicted octanol–water partition coefficient (Wildman–Crippen LogP) is 4.00. The Morgan fingerprint density at radius 2 is 1.92 bits per heavy atom. The number of hydrogen-bond acceptors (Lipinski definition) is 4. The quantitative estimate of drug-likeness (QED) is 0.715. The Hall–Kier alpha value is -2.64. The summed E-state index contributed by atoms with van der Waals surface area (Å²) in [5, 5.41) is 7.70. The van der Waals surface area contributed by atoms with Crippen molar-refractivity contribution in [2.24, 2.45) is 0 Å². The Balaban J connectivity index is 1.55. The molecule has 1 aromatic carbocycles. The van der Waals surface area contributed by atoms with E-state index in [4.69, 9.17) is 4.74 Å². The highest BCUT2D eigenvalue weighted by Gasteiger charge is 2.46. The van der Waals surface area contributed by atoms with Crippen LogP contribution in [0.25, 0.3) is 16.9 Å². The summed E-state index contributed by atoms with van der Waals surface area (Å²) in [5.41, 5.74) is 1.88. The summed E-state index contributed by atoms with van der Waals surface area (Å²) in [6.45, 7) is 1.40. The van der Waals surface area contributed by atoms with E-state index in [0.717, 1.165) is 5.56 Å². The number of benzene rings is 1. The zero-order valence-corrected chi connectivity index (χ0v) is 13.4. The number of aromatic nitrogens is 4. The summed E-state index contributed by atoms with van der Waals surface area (Å²) in [6.07, 6.45) is 1.01. The molecular weight excluding hydrogens is 333 g/mol. The van der Waals surface area contributed by atoms with Crippen LogP contribution in [-0.2, 0) is 0 Å². The van der Waals surface area contributed by atoms with Gasteiger partial charge in [0.05, 0.1) is 11.9 Å². The summed E-state index contributed by atoms with van der Waals surface area (Å²) in [4.78, 5) is 4.30. The number of hydrogen-bond donors (Lipinski definition) is 0. The summed E-state index contributed by atoms with van der Waals surface area (Å²) in [6, 6.07) is 6.98. The Bertz CT molecular complexity index is 900. The first-order valence-corrected chi connectivity index (χ1v) is 7.91. The van der Waals surface area contributed by atoms with Gasteiger partial charge in [-0.05, 0) is 31.2 Å². The Morgan fingerprint density at radius 3 is 2.56 bits per heavy atom. The average molecular weight is 348 g/mol. The molecule has 0 radical (unpaired) electrons. The van der Waals surface area contributed by atoms with Crippen LogP contribution in [0.3, 0.4) is 0 Å². The smallest absolute Gasteiger partial charge is 0.255 e. The van der Waals surface area contributed by atoms with Crippen molar-refractivity contribution in [3.8, 4) is 17.0 Å². The highest BCUT2D eigenvalue weighted by Crippen LogP contribution is 2.39. The molecule has 0 bridgehead atoms. The minimum atomic E-state index is -2.60. The molecule has 0 aliphatic heterocycles. The number of nitrogens with zero attached hydrogens (tertiary/aromatic N) is 4. The monoisotopic (exact) mass is 348 g/mol. The van der Waals surface area contributed by atoms with Crippen LogP contribution in [0, 0.1) is 0 Å². The third kappa shape index (κ3) is 3.04. The molecule has 5 nitrogen and oxygen atoms in total. The first kappa shape index (κ1) is 15.9. The fraction of sp³-hybridized carbons (Fsp3) is 0.353. The van der Waals surface area contributed by atoms with Crippen molar-refractivity contribution in [1.82, 2.24) is 19.6 Å². The van der Waals surface area contributed by atoms with Crippen molar-refractivity contribution in [3.63, 3.8) is 0 Å². The minimum Gasteiger partial charge on any atom is -0.490 e. The lowest BCUT2D eigenvalue weighted by Crippen LogP contribution is -2.43. The van der Waals surface area contributed by atoms with Crippen molar-refractivity contribution in [3.05, 3.63) is 42.5 Å². The van der Waals surface area contributed by atoms with Gasteiger partial charge in [-0.15, -0.1) is 10.2 Å². The van der Waals surface area contributed by atoms with Gasteiger partial charge in [0.25, 0.3) is 5.92 Å². The number of fused-ring (bicyclic) bond motifs is 1. The van der Waals surface area contributed by atoms with Gasteiger partial charge in [0.15, 0.2) is 17.6 Å². The summed E-state index contributed by atoms with van der Waals surface area (Å²) in [7, 11) is 0. The topological polar surface area (TPSA) is 52.3 Å². The summed E-state index contributed by atoms with van der Waals surface area (Å²) in [5.74, 6) is -1.86. The van der Waals surface area contributed by atoms with Crippen LogP contribution in [0.15, 0.2) is 36.7 Å². The van der Waals surface area contributed by atoms with Crippen molar-refractivity contribution in [2.75, 3.05) is 0 Å². The molecule has 0 saturated heterocycles. The van der Waals surface area contributed by atoms with E-state index < -0.39 is 18.2 Å². The minimum absolute atomic E-state index is 0.213. The molecule has 1 atom stereocenters. The molecule has 130 valence electrons. The van der Waals surface area contributed by atoms with E-state index in [0.29, 0.717) is 17.1 Å². The van der Waals surface area contributed by atoms with E-state index in [1.807, 2.05) is 0 Å². The number of rotatable bonds is 4. The second-order valence-electron chi connectivity index (χ2n) is 6.20. The Morgan fingerprint density at radius 1 is 1.20 bits per heavy atom. The van der Waals surface area contributed by atoms with Crippen LogP contribution in [0.4, 0.5) is 13.2 Å². The van der Waals surface area contributed by atoms with E-state index in [2.05, 4.69) is 15.2 Å². The lowest BCUT2D eigenvalue weighted by Gasteiger charge is -2.34. The molecule has 1 aliphatic carbocycles. The number of ether oxygens (including phenoxy) is 1. The molecule has 1 fully saturated rings. The second kappa shape index (κ2) is 5.72. The Kier molecular flexibility index (Phi) is 3.63. The second-order valence-corrected chi connectivity index (χ2v) is 6.20. The van der Waals surface area contributed by atoms with Crippen molar-refractivity contribution < 1.29 is 17.9 Å². The van der Waals surface area contributed by atoms with Crippen LogP contribution < -0.4 is 4.74 Å². The van der Waals surface area contributed by atoms with Crippen molar-refractivity contribution >= 4 is 5.65 Å². The number of alkyl halides is 3. The largest absolute Gasteiger partial charge is 0.490 e. The molecule has 0 spiro atoms. The summed E-state index contributed by atoms with van der Waals surface area (Å²) < 4.78 is 46.3. The maximum atomic E-state index is 13.6. The van der Waals surface area contributed by atoms with Crippen LogP contribution >= 0.6 is 0 Å². The van der Waals surface area contributed by atoms with Crippen molar-refractivity contribution in [2.45, 2.75) is 38.0 Å². The molecule has 0 amide bonds. The van der Waals surface area contributed by atoms with Gasteiger partial charge in [-0.2, -0.15) is 0 Å². The fourth-order valence-corrected chi connectivity index (χ4v) is 2.83. The lowest BCUT2D eigenvalue weighted by molar-refractivity contribution is -0.134. The Labute approximate surface area is 141 Å². The third-order valence-electron chi connectivity index (χ3n) is 4.18. The van der Waals surface area contributed by atoms with E-state index in [1.165, 1.54) is 13.1 Å². The maximum Gasteiger partial charge on any atom is 0.255 e. The zero-order valence-electron chi connectivity index (χ0n) is 13.4. The van der Waals surface area contributed by atoms with E-state index >= 15 is 0 Å². The predicted molar refractivity (Wildman–Crippen MR) is 84.3 cm³/mol. The molecule has 1 unspecified atom stereocenters. The van der Waals surface area contributed by atoms with Crippen LogP contribution in [0.1, 0.15) is 31.8 Å². The van der Waals surface area contributed by atoms with Gasteiger partial charge in [0.1, 0.15) is 11.9 Å². The molecule has 8 heteroatoms. The van der Waals surface area contributed by atoms with Gasteiger partial charge in [0, 0.05) is 24.6 Å². The van der Waals surface area contributed by atoms with Gasteiger partial charge < -0.3 is 4.74 Å². The molecule has 1 saturated carbocycles. The standard InChI is InChI=1S/C17H15F3N4O/c1-10(18)16-23-22-15-8-21-14(9-24(15)16)11-2-4-12(5-3-11)25-13-6-17(19,20)7-13/h2-5,8-10,13H,6-7H2,1H3. The molecule has 4 rings (SSSR count). The zero-order chi connectivity index (χ0) is 17.6. The molecule has 3 aromatic rings. The molecule has 1 aliphatic rings. The first-order valence-electron chi connectivity index (χ1n) is 7.91. The summed E-state index contributed by atoms with van der Waals surface area (Å²) >= 11 is 0. The average Bonchev–Trinajstić information content (AvgIpc) is 2.97. The van der Waals surface area contributed by atoms with Crippen LogP contribution in [-0.4, -0.2) is 31.6 Å². The number of halogens is 3. The highest BCUT2D eigenvalue weighted by atomic mass is 19.3. The van der Waals surface area contributed by atoms with Gasteiger partial charge in [-0.25, -0.2) is 13.2 Å². The van der Waals surface area contributed by atoms with Crippen molar-refractivity contribution in [1.29, 1.82) is 0 Å². The van der Waals surface area contributed by atoms with E-state index in [1.54, 1.807) is 34.9 Å². The molecule has 0 N–H and O–H groups in total. The van der Waals surface area contributed by atoms with Gasteiger partial charge >= 0.3 is 0 Å². The van der Waals surface area contributed by atoms with E-state index in [9.17, 15) is 13.2 Å². The first-order chi connectivity index (χ1) is 11.9. The lowest BCUT2D eigenvalue weighted by atomic mass is 9.91. The van der Waals surface area contributed by atoms with Crippen LogP contribution in [0.2, 0.25) is 0 Å². The van der Waals surface area contributed by atoms with Gasteiger partial charge in [-0.1, -0.05) is 0 Å². The molecule has 25 heavy (non-hydrogen) atoms. The maximum absolute atomic E-state index is 13.6. The molecular formula is C17H15F3N4O. The SMILES string of the molecule is CC(F)c1nnc2cnc(-c3ccc(OC4CC(F)(F)C4)cc3)cn12. The van der Waals surface area contributed by atoms with Gasteiger partial charge in [-0.3, -0.25) is 9.38 Å². The van der Waals surface area contributed by atoms with Gasteiger partial charge in [0.2, 0.25) is 0 Å².